The smallest absolute Gasteiger partial charge is 0.0419 e. The van der Waals surface area contributed by atoms with Crippen molar-refractivity contribution in [2.45, 2.75) is 31.8 Å². The van der Waals surface area contributed by atoms with Crippen molar-refractivity contribution in [3.63, 3.8) is 0 Å². The molecule has 5 heteroatoms. The molecule has 0 spiro atoms. The van der Waals surface area contributed by atoms with Crippen LogP contribution in [0, 0.1) is 0 Å². The molecule has 118 valence electrons. The number of likely N-dealkylation sites (N-methyl/N-ethyl adjacent to an activating group) is 3. The molecule has 0 aliphatic carbocycles. The van der Waals surface area contributed by atoms with Crippen LogP contribution >= 0.6 is 15.9 Å². The fourth-order valence-corrected chi connectivity index (χ4v) is 3.23. The van der Waals surface area contributed by atoms with Gasteiger partial charge in [0.15, 0.2) is 0 Å². The van der Waals surface area contributed by atoms with Crippen LogP contribution in [0.1, 0.15) is 19.0 Å². The van der Waals surface area contributed by atoms with Gasteiger partial charge in [0.2, 0.25) is 0 Å². The van der Waals surface area contributed by atoms with Gasteiger partial charge in [0.1, 0.15) is 0 Å². The highest BCUT2D eigenvalue weighted by Crippen LogP contribution is 2.15. The number of piperazine rings is 1. The molecule has 1 aliphatic heterocycles. The third kappa shape index (κ3) is 5.33. The van der Waals surface area contributed by atoms with Crippen molar-refractivity contribution in [1.29, 1.82) is 0 Å². The lowest BCUT2D eigenvalue weighted by molar-refractivity contribution is 0.101. The zero-order valence-electron chi connectivity index (χ0n) is 13.3. The summed E-state index contributed by atoms with van der Waals surface area (Å²) in [5.41, 5.74) is 1.16. The number of pyridine rings is 1. The largest absolute Gasteiger partial charge is 0.314 e. The van der Waals surface area contributed by atoms with Crippen molar-refractivity contribution in [2.24, 2.45) is 0 Å². The molecule has 1 fully saturated rings. The molecule has 2 rings (SSSR count). The number of hydrogen-bond donors (Lipinski definition) is 1. The first-order valence-electron chi connectivity index (χ1n) is 7.81. The summed E-state index contributed by atoms with van der Waals surface area (Å²) < 4.78 is 1.04. The second-order valence-electron chi connectivity index (χ2n) is 6.06. The number of aromatic nitrogens is 1. The van der Waals surface area contributed by atoms with E-state index in [0.717, 1.165) is 36.2 Å². The van der Waals surface area contributed by atoms with Crippen molar-refractivity contribution in [3.05, 3.63) is 28.5 Å². The molecule has 1 N–H and O–H groups in total. The van der Waals surface area contributed by atoms with Crippen LogP contribution in [0.4, 0.5) is 0 Å². The molecule has 1 aromatic heterocycles. The molecule has 0 saturated carbocycles. The predicted molar refractivity (Wildman–Crippen MR) is 91.6 cm³/mol. The average Bonchev–Trinajstić information content (AvgIpc) is 2.45. The van der Waals surface area contributed by atoms with Crippen LogP contribution in [0.15, 0.2) is 22.8 Å². The van der Waals surface area contributed by atoms with E-state index in [1.54, 1.807) is 0 Å². The first kappa shape index (κ1) is 16.9. The molecule has 2 atom stereocenters. The maximum atomic E-state index is 4.52. The van der Waals surface area contributed by atoms with E-state index in [4.69, 9.17) is 0 Å². The Balaban J connectivity index is 1.96. The molecule has 1 aromatic rings. The van der Waals surface area contributed by atoms with Gasteiger partial charge >= 0.3 is 0 Å². The van der Waals surface area contributed by atoms with Crippen molar-refractivity contribution in [2.75, 3.05) is 40.3 Å². The fraction of sp³-hybridized carbons (Fsp3) is 0.688. The van der Waals surface area contributed by atoms with Crippen LogP contribution in [0.3, 0.4) is 0 Å². The van der Waals surface area contributed by atoms with Crippen LogP contribution in [-0.2, 0) is 6.42 Å². The number of rotatable bonds is 6. The van der Waals surface area contributed by atoms with Crippen molar-refractivity contribution >= 4 is 15.9 Å². The fourth-order valence-electron chi connectivity index (χ4n) is 2.99. The Kier molecular flexibility index (Phi) is 6.61. The van der Waals surface area contributed by atoms with Gasteiger partial charge in [0.25, 0.3) is 0 Å². The van der Waals surface area contributed by atoms with Crippen LogP contribution in [0.2, 0.25) is 0 Å². The Morgan fingerprint density at radius 2 is 2.19 bits per heavy atom. The lowest BCUT2D eigenvalue weighted by Gasteiger charge is -2.39. The van der Waals surface area contributed by atoms with Gasteiger partial charge in [-0.25, -0.2) is 0 Å². The number of nitrogens with one attached hydrogen (secondary N) is 1. The topological polar surface area (TPSA) is 31.4 Å². The molecular formula is C16H27BrN4. The van der Waals surface area contributed by atoms with Crippen molar-refractivity contribution in [3.8, 4) is 0 Å². The molecule has 1 saturated heterocycles. The van der Waals surface area contributed by atoms with Crippen LogP contribution in [-0.4, -0.2) is 67.1 Å². The second-order valence-corrected chi connectivity index (χ2v) is 6.97. The first-order chi connectivity index (χ1) is 10.1. The van der Waals surface area contributed by atoms with E-state index in [9.17, 15) is 0 Å². The second kappa shape index (κ2) is 8.22. The zero-order valence-corrected chi connectivity index (χ0v) is 14.9. The number of hydrogen-bond acceptors (Lipinski definition) is 4. The Hall–Kier alpha value is -0.490. The van der Waals surface area contributed by atoms with Gasteiger partial charge in [-0.1, -0.05) is 6.92 Å². The summed E-state index contributed by atoms with van der Waals surface area (Å²) in [6.07, 6.45) is 4.06. The van der Waals surface area contributed by atoms with E-state index in [1.165, 1.54) is 13.0 Å². The van der Waals surface area contributed by atoms with Gasteiger partial charge in [-0.05, 0) is 55.1 Å². The van der Waals surface area contributed by atoms with Crippen molar-refractivity contribution < 1.29 is 0 Å². The van der Waals surface area contributed by atoms with E-state index in [-0.39, 0.29) is 0 Å². The minimum atomic E-state index is 0.489. The number of nitrogens with zero attached hydrogens (tertiary/aromatic N) is 3. The van der Waals surface area contributed by atoms with Gasteiger partial charge in [-0.3, -0.25) is 4.98 Å². The highest BCUT2D eigenvalue weighted by molar-refractivity contribution is 9.10. The Morgan fingerprint density at radius 3 is 2.86 bits per heavy atom. The van der Waals surface area contributed by atoms with Gasteiger partial charge < -0.3 is 15.1 Å². The third-order valence-electron chi connectivity index (χ3n) is 4.27. The highest BCUT2D eigenvalue weighted by Gasteiger charge is 2.25. The zero-order chi connectivity index (χ0) is 15.2. The molecule has 2 unspecified atom stereocenters. The molecular weight excluding hydrogens is 328 g/mol. The summed E-state index contributed by atoms with van der Waals surface area (Å²) in [5.74, 6) is 0. The summed E-state index contributed by atoms with van der Waals surface area (Å²) in [4.78, 5) is 9.45. The SMILES string of the molecule is CCNC(Cc1ccc(Br)cn1)CC1CN(C)CCN1C. The maximum absolute atomic E-state index is 4.52. The van der Waals surface area contributed by atoms with Gasteiger partial charge in [-0.2, -0.15) is 0 Å². The number of halogens is 1. The molecule has 0 bridgehead atoms. The molecule has 2 heterocycles. The van der Waals surface area contributed by atoms with E-state index >= 15 is 0 Å². The lowest BCUT2D eigenvalue weighted by Crippen LogP contribution is -2.52. The molecule has 4 nitrogen and oxygen atoms in total. The van der Waals surface area contributed by atoms with Crippen LogP contribution in [0.25, 0.3) is 0 Å². The normalized spacial score (nSPS) is 22.4. The Labute approximate surface area is 137 Å². The minimum absolute atomic E-state index is 0.489. The summed E-state index contributed by atoms with van der Waals surface area (Å²) in [6, 6.07) is 5.31. The summed E-state index contributed by atoms with van der Waals surface area (Å²) in [6.45, 7) is 6.68. The Bertz CT molecular complexity index is 423. The maximum Gasteiger partial charge on any atom is 0.0419 e. The monoisotopic (exact) mass is 354 g/mol. The standard InChI is InChI=1S/C16H27BrN4/c1-4-18-15(9-14-6-5-13(17)11-19-14)10-16-12-20(2)7-8-21(16)3/h5-6,11,15-16,18H,4,7-10,12H2,1-3H3. The molecule has 21 heavy (non-hydrogen) atoms. The molecule has 0 radical (unpaired) electrons. The molecule has 0 aromatic carbocycles. The highest BCUT2D eigenvalue weighted by atomic mass is 79.9. The van der Waals surface area contributed by atoms with Gasteiger partial charge in [0.05, 0.1) is 0 Å². The van der Waals surface area contributed by atoms with Crippen LogP contribution < -0.4 is 5.32 Å². The lowest BCUT2D eigenvalue weighted by atomic mass is 9.99. The van der Waals surface area contributed by atoms with Gasteiger partial charge in [0, 0.05) is 54.5 Å². The quantitative estimate of drug-likeness (QED) is 0.846. The summed E-state index contributed by atoms with van der Waals surface area (Å²) >= 11 is 3.45. The Morgan fingerprint density at radius 1 is 1.38 bits per heavy atom. The average molecular weight is 355 g/mol. The van der Waals surface area contributed by atoms with Crippen LogP contribution in [0.5, 0.6) is 0 Å². The summed E-state index contributed by atoms with van der Waals surface area (Å²) in [5, 5.41) is 3.63. The van der Waals surface area contributed by atoms with Gasteiger partial charge in [-0.15, -0.1) is 0 Å². The minimum Gasteiger partial charge on any atom is -0.314 e. The van der Waals surface area contributed by atoms with E-state index in [2.05, 4.69) is 69.2 Å². The third-order valence-corrected chi connectivity index (χ3v) is 4.74. The summed E-state index contributed by atoms with van der Waals surface area (Å²) in [7, 11) is 4.47. The van der Waals surface area contributed by atoms with E-state index in [1.807, 2.05) is 6.20 Å². The predicted octanol–water partition coefficient (Wildman–Crippen LogP) is 2.00. The van der Waals surface area contributed by atoms with E-state index < -0.39 is 0 Å². The van der Waals surface area contributed by atoms with E-state index in [0.29, 0.717) is 12.1 Å². The molecule has 0 amide bonds. The first-order valence-corrected chi connectivity index (χ1v) is 8.60. The van der Waals surface area contributed by atoms with Crippen molar-refractivity contribution in [1.82, 2.24) is 20.1 Å². The molecule has 1 aliphatic rings.